The normalized spacial score (nSPS) is 16.8. The zero-order chi connectivity index (χ0) is 17.1. The molecule has 1 aliphatic heterocycles. The van der Waals surface area contributed by atoms with Crippen LogP contribution in [-0.4, -0.2) is 49.7 Å². The van der Waals surface area contributed by atoms with Gasteiger partial charge in [0.25, 0.3) is 5.91 Å². The number of carbonyl (C=O) groups excluding carboxylic acids is 1. The first-order valence-corrected chi connectivity index (χ1v) is 8.12. The maximum absolute atomic E-state index is 12.8. The lowest BCUT2D eigenvalue weighted by atomic mass is 10.2. The third-order valence-corrected chi connectivity index (χ3v) is 4.11. The van der Waals surface area contributed by atoms with Crippen molar-refractivity contribution in [3.05, 3.63) is 66.7 Å². The van der Waals surface area contributed by atoms with E-state index in [2.05, 4.69) is 15.1 Å². The maximum Gasteiger partial charge on any atom is 0.316 e. The molecular formula is C18H17N5O2. The molecule has 3 heterocycles. The van der Waals surface area contributed by atoms with Crippen molar-refractivity contribution in [3.63, 3.8) is 0 Å². The first-order chi connectivity index (χ1) is 12.3. The van der Waals surface area contributed by atoms with Crippen LogP contribution < -0.4 is 4.74 Å². The van der Waals surface area contributed by atoms with Gasteiger partial charge in [0.2, 0.25) is 0 Å². The quantitative estimate of drug-likeness (QED) is 0.729. The molecule has 1 amide bonds. The molecule has 0 N–H and O–H groups in total. The Morgan fingerprint density at radius 3 is 2.80 bits per heavy atom. The van der Waals surface area contributed by atoms with E-state index in [1.807, 2.05) is 36.5 Å². The third kappa shape index (κ3) is 3.35. The maximum atomic E-state index is 12.8. The molecule has 0 spiro atoms. The molecule has 1 fully saturated rings. The van der Waals surface area contributed by atoms with E-state index in [1.54, 1.807) is 34.2 Å². The molecule has 2 aromatic heterocycles. The van der Waals surface area contributed by atoms with Crippen molar-refractivity contribution >= 4 is 5.91 Å². The summed E-state index contributed by atoms with van der Waals surface area (Å²) in [6.07, 6.45) is 7.52. The van der Waals surface area contributed by atoms with E-state index in [1.165, 1.54) is 0 Å². The first-order valence-electron chi connectivity index (χ1n) is 8.12. The van der Waals surface area contributed by atoms with Gasteiger partial charge in [0.1, 0.15) is 6.10 Å². The highest BCUT2D eigenvalue weighted by Crippen LogP contribution is 2.18. The van der Waals surface area contributed by atoms with E-state index in [9.17, 15) is 4.79 Å². The number of rotatable bonds is 4. The van der Waals surface area contributed by atoms with Crippen molar-refractivity contribution in [2.45, 2.75) is 12.5 Å². The number of likely N-dealkylation sites (tertiary alicyclic amines) is 1. The molecular weight excluding hydrogens is 318 g/mol. The van der Waals surface area contributed by atoms with Gasteiger partial charge in [-0.15, -0.1) is 0 Å². The van der Waals surface area contributed by atoms with Crippen molar-refractivity contribution in [3.8, 4) is 11.7 Å². The second-order valence-corrected chi connectivity index (χ2v) is 5.81. The predicted octanol–water partition coefficient (Wildman–Crippen LogP) is 1.96. The predicted molar refractivity (Wildman–Crippen MR) is 90.5 cm³/mol. The largest absolute Gasteiger partial charge is 0.458 e. The van der Waals surface area contributed by atoms with Gasteiger partial charge in [-0.05, 0) is 30.3 Å². The van der Waals surface area contributed by atoms with Gasteiger partial charge >= 0.3 is 6.01 Å². The molecule has 4 rings (SSSR count). The number of carbonyl (C=O) groups is 1. The summed E-state index contributed by atoms with van der Waals surface area (Å²) >= 11 is 0. The van der Waals surface area contributed by atoms with Crippen LogP contribution in [0, 0.1) is 0 Å². The Morgan fingerprint density at radius 1 is 1.12 bits per heavy atom. The van der Waals surface area contributed by atoms with Gasteiger partial charge < -0.3 is 9.64 Å². The van der Waals surface area contributed by atoms with Crippen LogP contribution >= 0.6 is 0 Å². The van der Waals surface area contributed by atoms with E-state index < -0.39 is 0 Å². The summed E-state index contributed by atoms with van der Waals surface area (Å²) in [7, 11) is 0. The van der Waals surface area contributed by atoms with Crippen molar-refractivity contribution in [1.29, 1.82) is 0 Å². The molecule has 0 radical (unpaired) electrons. The van der Waals surface area contributed by atoms with Crippen molar-refractivity contribution in [2.75, 3.05) is 13.1 Å². The summed E-state index contributed by atoms with van der Waals surface area (Å²) in [6.45, 7) is 1.19. The fourth-order valence-electron chi connectivity index (χ4n) is 2.89. The van der Waals surface area contributed by atoms with Crippen LogP contribution in [0.2, 0.25) is 0 Å². The number of aromatic nitrogens is 4. The Morgan fingerprint density at radius 2 is 2.00 bits per heavy atom. The summed E-state index contributed by atoms with van der Waals surface area (Å²) in [6, 6.07) is 11.4. The van der Waals surface area contributed by atoms with Crippen LogP contribution in [-0.2, 0) is 0 Å². The average Bonchev–Trinajstić information content (AvgIpc) is 3.34. The van der Waals surface area contributed by atoms with Gasteiger partial charge in [-0.3, -0.25) is 4.79 Å². The SMILES string of the molecule is O=C(c1cccc(-n2cccn2)c1)N1CC[C@H](Oc2ncccn2)C1. The molecule has 0 saturated carbocycles. The third-order valence-electron chi connectivity index (χ3n) is 4.11. The molecule has 0 aliphatic carbocycles. The summed E-state index contributed by atoms with van der Waals surface area (Å²) < 4.78 is 7.48. The van der Waals surface area contributed by atoms with Crippen molar-refractivity contribution in [2.24, 2.45) is 0 Å². The van der Waals surface area contributed by atoms with E-state index in [0.29, 0.717) is 24.7 Å². The van der Waals surface area contributed by atoms with Gasteiger partial charge in [0, 0.05) is 43.3 Å². The lowest BCUT2D eigenvalue weighted by molar-refractivity contribution is 0.0769. The molecule has 7 heteroatoms. The number of ether oxygens (including phenoxy) is 1. The van der Waals surface area contributed by atoms with E-state index >= 15 is 0 Å². The smallest absolute Gasteiger partial charge is 0.316 e. The van der Waals surface area contributed by atoms with Gasteiger partial charge in [-0.2, -0.15) is 5.10 Å². The van der Waals surface area contributed by atoms with Crippen LogP contribution in [0.15, 0.2) is 61.2 Å². The topological polar surface area (TPSA) is 73.1 Å². The van der Waals surface area contributed by atoms with Gasteiger partial charge in [0.05, 0.1) is 12.2 Å². The molecule has 1 aliphatic rings. The Labute approximate surface area is 144 Å². The monoisotopic (exact) mass is 335 g/mol. The number of hydrogen-bond acceptors (Lipinski definition) is 5. The second kappa shape index (κ2) is 6.72. The molecule has 0 bridgehead atoms. The van der Waals surface area contributed by atoms with Crippen LogP contribution in [0.4, 0.5) is 0 Å². The second-order valence-electron chi connectivity index (χ2n) is 5.81. The molecule has 0 unspecified atom stereocenters. The Bertz CT molecular complexity index is 851. The fourth-order valence-corrected chi connectivity index (χ4v) is 2.89. The number of amides is 1. The Balaban J connectivity index is 1.44. The number of benzene rings is 1. The molecule has 1 atom stereocenters. The highest BCUT2D eigenvalue weighted by Gasteiger charge is 2.29. The summed E-state index contributed by atoms with van der Waals surface area (Å²) in [5, 5.41) is 4.20. The summed E-state index contributed by atoms with van der Waals surface area (Å²) in [5.74, 6) is -0.00548. The van der Waals surface area contributed by atoms with Gasteiger partial charge in [-0.25, -0.2) is 14.6 Å². The molecule has 126 valence electrons. The lowest BCUT2D eigenvalue weighted by Gasteiger charge is -2.17. The molecule has 1 saturated heterocycles. The molecule has 1 aromatic carbocycles. The van der Waals surface area contributed by atoms with Crippen molar-refractivity contribution < 1.29 is 9.53 Å². The first kappa shape index (κ1) is 15.3. The zero-order valence-electron chi connectivity index (χ0n) is 13.5. The zero-order valence-corrected chi connectivity index (χ0v) is 13.5. The number of hydrogen-bond donors (Lipinski definition) is 0. The highest BCUT2D eigenvalue weighted by molar-refractivity contribution is 5.95. The summed E-state index contributed by atoms with van der Waals surface area (Å²) in [5.41, 5.74) is 1.50. The van der Waals surface area contributed by atoms with Crippen LogP contribution in [0.1, 0.15) is 16.8 Å². The van der Waals surface area contributed by atoms with Gasteiger partial charge in [0.15, 0.2) is 0 Å². The molecule has 7 nitrogen and oxygen atoms in total. The highest BCUT2D eigenvalue weighted by atomic mass is 16.5. The van der Waals surface area contributed by atoms with Crippen LogP contribution in [0.25, 0.3) is 5.69 Å². The Kier molecular flexibility index (Phi) is 4.12. The lowest BCUT2D eigenvalue weighted by Crippen LogP contribution is -2.31. The fraction of sp³-hybridized carbons (Fsp3) is 0.222. The van der Waals surface area contributed by atoms with Gasteiger partial charge in [-0.1, -0.05) is 6.07 Å². The minimum Gasteiger partial charge on any atom is -0.458 e. The van der Waals surface area contributed by atoms with E-state index in [-0.39, 0.29) is 12.0 Å². The Hall–Kier alpha value is -3.22. The van der Waals surface area contributed by atoms with Crippen LogP contribution in [0.3, 0.4) is 0 Å². The number of nitrogens with zero attached hydrogens (tertiary/aromatic N) is 5. The standard InChI is InChI=1S/C18H17N5O2/c24-17(14-4-1-5-15(12-14)23-10-3-9-21-23)22-11-6-16(13-22)25-18-19-7-2-8-20-18/h1-5,7-10,12,16H,6,11,13H2/t16-/m0/s1. The molecule has 25 heavy (non-hydrogen) atoms. The summed E-state index contributed by atoms with van der Waals surface area (Å²) in [4.78, 5) is 22.7. The van der Waals surface area contributed by atoms with E-state index in [0.717, 1.165) is 12.1 Å². The molecule has 3 aromatic rings. The average molecular weight is 335 g/mol. The van der Waals surface area contributed by atoms with Crippen molar-refractivity contribution in [1.82, 2.24) is 24.6 Å². The minimum absolute atomic E-state index is 0.00548. The van der Waals surface area contributed by atoms with E-state index in [4.69, 9.17) is 4.74 Å². The minimum atomic E-state index is -0.0827. The van der Waals surface area contributed by atoms with Crippen LogP contribution in [0.5, 0.6) is 6.01 Å².